The Morgan fingerprint density at radius 2 is 1.79 bits per heavy atom. The molecule has 148 valence electrons. The summed E-state index contributed by atoms with van der Waals surface area (Å²) in [5, 5.41) is 5.80. The van der Waals surface area contributed by atoms with Gasteiger partial charge in [0.15, 0.2) is 0 Å². The maximum atomic E-state index is 12.7. The quantitative estimate of drug-likeness (QED) is 0.639. The number of rotatable bonds is 3. The maximum absolute atomic E-state index is 12.7. The number of nitrogens with zero attached hydrogens (tertiary/aromatic N) is 4. The molecule has 3 heterocycles. The van der Waals surface area contributed by atoms with Crippen molar-refractivity contribution in [3.63, 3.8) is 0 Å². The second kappa shape index (κ2) is 6.57. The van der Waals surface area contributed by atoms with Crippen LogP contribution in [0.15, 0.2) is 50.8 Å². The molecule has 1 aliphatic heterocycles. The van der Waals surface area contributed by atoms with Gasteiger partial charge in [-0.05, 0) is 35.7 Å². The van der Waals surface area contributed by atoms with Gasteiger partial charge in [-0.2, -0.15) is 22.2 Å². The minimum atomic E-state index is -4.48. The number of aromatic nitrogens is 3. The smallest absolute Gasteiger partial charge is 0.276 e. The van der Waals surface area contributed by atoms with Crippen LogP contribution in [0.1, 0.15) is 11.4 Å². The van der Waals surface area contributed by atoms with E-state index in [9.17, 15) is 26.4 Å². The highest BCUT2D eigenvalue weighted by atomic mass is 32.2. The van der Waals surface area contributed by atoms with Gasteiger partial charge in [-0.3, -0.25) is 4.57 Å². The zero-order valence-electron chi connectivity index (χ0n) is 14.1. The highest BCUT2D eigenvalue weighted by Gasteiger charge is 2.32. The summed E-state index contributed by atoms with van der Waals surface area (Å²) in [5.74, 6) is 0.233. The average Bonchev–Trinajstić information content (AvgIpc) is 3.30. The van der Waals surface area contributed by atoms with Gasteiger partial charge in [0.1, 0.15) is 10.0 Å². The van der Waals surface area contributed by atoms with Crippen LogP contribution in [0.2, 0.25) is 0 Å². The van der Waals surface area contributed by atoms with E-state index in [-0.39, 0.29) is 35.4 Å². The van der Waals surface area contributed by atoms with Crippen LogP contribution in [0.5, 0.6) is 0 Å². The number of benzene rings is 1. The van der Waals surface area contributed by atoms with Crippen LogP contribution in [0.25, 0.3) is 5.69 Å². The van der Waals surface area contributed by atoms with Crippen molar-refractivity contribution < 1.29 is 21.6 Å². The molecule has 0 saturated carbocycles. The monoisotopic (exact) mass is 430 g/mol. The zero-order chi connectivity index (χ0) is 20.1. The summed E-state index contributed by atoms with van der Waals surface area (Å²) in [7, 11) is -3.69. The third kappa shape index (κ3) is 3.16. The molecule has 7 nitrogen and oxygen atoms in total. The van der Waals surface area contributed by atoms with Gasteiger partial charge in [-0.1, -0.05) is 6.07 Å². The first-order valence-corrected chi connectivity index (χ1v) is 10.4. The Morgan fingerprint density at radius 1 is 1.07 bits per heavy atom. The number of thiophene rings is 1. The molecule has 2 aromatic heterocycles. The van der Waals surface area contributed by atoms with E-state index in [1.54, 1.807) is 11.4 Å². The average molecular weight is 430 g/mol. The lowest BCUT2D eigenvalue weighted by Gasteiger charge is -2.25. The van der Waals surface area contributed by atoms with Crippen LogP contribution in [-0.4, -0.2) is 33.6 Å². The molecule has 3 aromatic rings. The fourth-order valence-corrected chi connectivity index (χ4v) is 5.46. The minimum absolute atomic E-state index is 0.0941. The van der Waals surface area contributed by atoms with E-state index in [0.29, 0.717) is 0 Å². The molecular formula is C16H13F3N4O3S2. The standard InChI is InChI=1S/C16H13F3N4O3S2/c17-16(18,19)11-3-5-12(6-4-11)23-15(24)22-8-7-21(10-13(22)20-23)28(25,26)14-2-1-9-27-14/h1-6,9H,7-8,10H2. The van der Waals surface area contributed by atoms with Crippen molar-refractivity contribution in [2.24, 2.45) is 0 Å². The molecule has 0 atom stereocenters. The lowest BCUT2D eigenvalue weighted by Crippen LogP contribution is -2.40. The molecule has 0 spiro atoms. The molecule has 4 rings (SSSR count). The molecule has 0 saturated heterocycles. The van der Waals surface area contributed by atoms with Crippen molar-refractivity contribution in [3.8, 4) is 5.69 Å². The van der Waals surface area contributed by atoms with Crippen molar-refractivity contribution in [1.82, 2.24) is 18.7 Å². The van der Waals surface area contributed by atoms with E-state index in [4.69, 9.17) is 0 Å². The van der Waals surface area contributed by atoms with Crippen LogP contribution < -0.4 is 5.69 Å². The van der Waals surface area contributed by atoms with Gasteiger partial charge in [-0.15, -0.1) is 16.4 Å². The SMILES string of the molecule is O=c1n(-c2ccc(C(F)(F)F)cc2)nc2n1CCN(S(=O)(=O)c1cccs1)C2. The normalized spacial score (nSPS) is 15.5. The summed E-state index contributed by atoms with van der Waals surface area (Å²) < 4.78 is 67.2. The van der Waals surface area contributed by atoms with Gasteiger partial charge in [0.25, 0.3) is 10.0 Å². The molecule has 1 aromatic carbocycles. The fraction of sp³-hybridized carbons (Fsp3) is 0.250. The number of hydrogen-bond donors (Lipinski definition) is 0. The maximum Gasteiger partial charge on any atom is 0.416 e. The number of sulfonamides is 1. The molecule has 0 fully saturated rings. The highest BCUT2D eigenvalue weighted by molar-refractivity contribution is 7.91. The molecule has 0 amide bonds. The Bertz CT molecular complexity index is 1160. The van der Waals surface area contributed by atoms with Crippen molar-refractivity contribution in [2.75, 3.05) is 6.54 Å². The summed E-state index contributed by atoms with van der Waals surface area (Å²) >= 11 is 1.10. The molecule has 1 aliphatic rings. The second-order valence-corrected chi connectivity index (χ2v) is 9.19. The molecule has 28 heavy (non-hydrogen) atoms. The summed E-state index contributed by atoms with van der Waals surface area (Å²) in [5.41, 5.74) is -1.18. The van der Waals surface area contributed by atoms with Crippen LogP contribution in [-0.2, 0) is 29.3 Å². The summed E-state index contributed by atoms with van der Waals surface area (Å²) in [4.78, 5) is 12.6. The first-order chi connectivity index (χ1) is 13.2. The predicted molar refractivity (Wildman–Crippen MR) is 94.7 cm³/mol. The van der Waals surface area contributed by atoms with E-state index in [0.717, 1.165) is 40.3 Å². The van der Waals surface area contributed by atoms with Gasteiger partial charge in [0.2, 0.25) is 0 Å². The van der Waals surface area contributed by atoms with E-state index in [1.165, 1.54) is 14.9 Å². The Labute approximate surface area is 161 Å². The van der Waals surface area contributed by atoms with Crippen LogP contribution in [0.4, 0.5) is 13.2 Å². The van der Waals surface area contributed by atoms with Gasteiger partial charge >= 0.3 is 11.9 Å². The van der Waals surface area contributed by atoms with E-state index >= 15 is 0 Å². The largest absolute Gasteiger partial charge is 0.416 e. The van der Waals surface area contributed by atoms with Gasteiger partial charge in [-0.25, -0.2) is 13.2 Å². The van der Waals surface area contributed by atoms with Crippen LogP contribution in [0, 0.1) is 0 Å². The third-order valence-corrected chi connectivity index (χ3v) is 7.58. The minimum Gasteiger partial charge on any atom is -0.276 e. The molecule has 0 bridgehead atoms. The van der Waals surface area contributed by atoms with Crippen LogP contribution >= 0.6 is 11.3 Å². The van der Waals surface area contributed by atoms with E-state index in [1.807, 2.05) is 0 Å². The van der Waals surface area contributed by atoms with Gasteiger partial charge < -0.3 is 0 Å². The Balaban J connectivity index is 1.66. The predicted octanol–water partition coefficient (Wildman–Crippen LogP) is 2.32. The topological polar surface area (TPSA) is 77.2 Å². The lowest BCUT2D eigenvalue weighted by molar-refractivity contribution is -0.137. The third-order valence-electron chi connectivity index (χ3n) is 4.36. The van der Waals surface area contributed by atoms with Crippen molar-refractivity contribution >= 4 is 21.4 Å². The first kappa shape index (κ1) is 18.9. The number of fused-ring (bicyclic) bond motifs is 1. The number of hydrogen-bond acceptors (Lipinski definition) is 5. The molecular weight excluding hydrogens is 417 g/mol. The summed E-state index contributed by atoms with van der Waals surface area (Å²) in [6.07, 6.45) is -4.48. The van der Waals surface area contributed by atoms with Crippen molar-refractivity contribution in [3.05, 3.63) is 63.7 Å². The molecule has 0 unspecified atom stereocenters. The van der Waals surface area contributed by atoms with E-state index in [2.05, 4.69) is 5.10 Å². The fourth-order valence-electron chi connectivity index (χ4n) is 2.93. The first-order valence-electron chi connectivity index (χ1n) is 8.08. The lowest BCUT2D eigenvalue weighted by atomic mass is 10.2. The van der Waals surface area contributed by atoms with Crippen molar-refractivity contribution in [2.45, 2.75) is 23.5 Å². The second-order valence-electron chi connectivity index (χ2n) is 6.08. The highest BCUT2D eigenvalue weighted by Crippen LogP contribution is 2.29. The summed E-state index contributed by atoms with van der Waals surface area (Å²) in [6.45, 7) is 0.119. The van der Waals surface area contributed by atoms with Gasteiger partial charge in [0, 0.05) is 13.1 Å². The zero-order valence-corrected chi connectivity index (χ0v) is 15.8. The Hall–Kier alpha value is -2.44. The van der Waals surface area contributed by atoms with E-state index < -0.39 is 27.5 Å². The molecule has 0 N–H and O–H groups in total. The molecule has 12 heteroatoms. The molecule has 0 radical (unpaired) electrons. The number of alkyl halides is 3. The Morgan fingerprint density at radius 3 is 2.39 bits per heavy atom. The van der Waals surface area contributed by atoms with Crippen LogP contribution in [0.3, 0.4) is 0 Å². The Kier molecular flexibility index (Phi) is 4.43. The number of halogens is 3. The van der Waals surface area contributed by atoms with Gasteiger partial charge in [0.05, 0.1) is 17.8 Å². The molecule has 0 aliphatic carbocycles. The summed E-state index contributed by atoms with van der Waals surface area (Å²) in [6, 6.07) is 7.19. The van der Waals surface area contributed by atoms with Crippen molar-refractivity contribution in [1.29, 1.82) is 0 Å².